The molecule has 1 aromatic rings. The van der Waals surface area contributed by atoms with Gasteiger partial charge in [0.05, 0.1) is 0 Å². The molecule has 0 amide bonds. The lowest BCUT2D eigenvalue weighted by molar-refractivity contribution is -0.147. The molecule has 0 aliphatic rings. The summed E-state index contributed by atoms with van der Waals surface area (Å²) in [6, 6.07) is 5.37. The summed E-state index contributed by atoms with van der Waals surface area (Å²) >= 11 is 0. The summed E-state index contributed by atoms with van der Waals surface area (Å²) < 4.78 is 36.8. The molecule has 1 rings (SSSR count). The fraction of sp³-hybridized carbons (Fsp3) is 0.500. The van der Waals surface area contributed by atoms with Gasteiger partial charge in [-0.25, -0.2) is 0 Å². The van der Waals surface area contributed by atoms with E-state index in [-0.39, 0.29) is 6.42 Å². The fourth-order valence-electron chi connectivity index (χ4n) is 1.45. The second-order valence-corrected chi connectivity index (χ2v) is 4.25. The highest BCUT2D eigenvalue weighted by molar-refractivity contribution is 5.26. The summed E-state index contributed by atoms with van der Waals surface area (Å²) in [5.74, 6) is 0.307. The van der Waals surface area contributed by atoms with Gasteiger partial charge in [0.25, 0.3) is 0 Å². The molecule has 90 valence electrons. The van der Waals surface area contributed by atoms with E-state index in [2.05, 4.69) is 0 Å². The van der Waals surface area contributed by atoms with E-state index < -0.39 is 12.2 Å². The SMILES string of the molecule is CC(C)c1cccc(CC(N)C(F)(F)F)c1. The molecule has 0 spiro atoms. The summed E-state index contributed by atoms with van der Waals surface area (Å²) in [5.41, 5.74) is 6.75. The summed E-state index contributed by atoms with van der Waals surface area (Å²) in [6.07, 6.45) is -4.49. The summed E-state index contributed by atoms with van der Waals surface area (Å²) in [7, 11) is 0. The van der Waals surface area contributed by atoms with Crippen LogP contribution in [0.5, 0.6) is 0 Å². The van der Waals surface area contributed by atoms with Crippen LogP contribution in [0.3, 0.4) is 0 Å². The van der Waals surface area contributed by atoms with Crippen LogP contribution in [0, 0.1) is 0 Å². The largest absolute Gasteiger partial charge is 0.403 e. The van der Waals surface area contributed by atoms with Crippen molar-refractivity contribution < 1.29 is 13.2 Å². The van der Waals surface area contributed by atoms with Gasteiger partial charge >= 0.3 is 6.18 Å². The van der Waals surface area contributed by atoms with E-state index in [1.54, 1.807) is 18.2 Å². The lowest BCUT2D eigenvalue weighted by Crippen LogP contribution is -2.39. The average Bonchev–Trinajstić information content (AvgIpc) is 2.16. The topological polar surface area (TPSA) is 26.0 Å². The Balaban J connectivity index is 2.78. The van der Waals surface area contributed by atoms with Gasteiger partial charge in [-0.15, -0.1) is 0 Å². The van der Waals surface area contributed by atoms with Gasteiger partial charge in [0.2, 0.25) is 0 Å². The molecule has 0 fully saturated rings. The average molecular weight is 231 g/mol. The van der Waals surface area contributed by atoms with Gasteiger partial charge in [-0.1, -0.05) is 38.1 Å². The molecule has 4 heteroatoms. The van der Waals surface area contributed by atoms with E-state index in [1.807, 2.05) is 19.9 Å². The number of hydrogen-bond acceptors (Lipinski definition) is 1. The van der Waals surface area contributed by atoms with Crippen LogP contribution in [0.1, 0.15) is 30.9 Å². The van der Waals surface area contributed by atoms with Crippen LogP contribution in [0.15, 0.2) is 24.3 Å². The molecule has 2 N–H and O–H groups in total. The van der Waals surface area contributed by atoms with Crippen LogP contribution >= 0.6 is 0 Å². The number of hydrogen-bond donors (Lipinski definition) is 1. The Kier molecular flexibility index (Phi) is 3.97. The molecule has 1 aromatic carbocycles. The molecule has 0 aliphatic carbocycles. The minimum Gasteiger partial charge on any atom is -0.320 e. The van der Waals surface area contributed by atoms with E-state index in [0.29, 0.717) is 11.5 Å². The first-order valence-corrected chi connectivity index (χ1v) is 5.22. The predicted octanol–water partition coefficient (Wildman–Crippen LogP) is 3.24. The molecule has 0 saturated carbocycles. The van der Waals surface area contributed by atoms with E-state index in [9.17, 15) is 13.2 Å². The zero-order chi connectivity index (χ0) is 12.3. The van der Waals surface area contributed by atoms with Crippen LogP contribution in [-0.2, 0) is 6.42 Å². The maximum Gasteiger partial charge on any atom is 0.403 e. The van der Waals surface area contributed by atoms with Crippen molar-refractivity contribution in [1.29, 1.82) is 0 Å². The highest BCUT2D eigenvalue weighted by Gasteiger charge is 2.36. The molecule has 0 heterocycles. The maximum atomic E-state index is 12.3. The third-order valence-corrected chi connectivity index (χ3v) is 2.49. The Morgan fingerprint density at radius 3 is 2.38 bits per heavy atom. The van der Waals surface area contributed by atoms with Crippen molar-refractivity contribution in [2.24, 2.45) is 5.73 Å². The van der Waals surface area contributed by atoms with Gasteiger partial charge in [0.15, 0.2) is 0 Å². The van der Waals surface area contributed by atoms with Gasteiger partial charge in [0, 0.05) is 0 Å². The number of nitrogens with two attached hydrogens (primary N) is 1. The Hall–Kier alpha value is -1.03. The Morgan fingerprint density at radius 2 is 1.88 bits per heavy atom. The van der Waals surface area contributed by atoms with E-state index in [0.717, 1.165) is 5.56 Å². The maximum absolute atomic E-state index is 12.3. The van der Waals surface area contributed by atoms with Crippen molar-refractivity contribution in [1.82, 2.24) is 0 Å². The molecule has 0 saturated heterocycles. The second kappa shape index (κ2) is 4.87. The van der Waals surface area contributed by atoms with Crippen molar-refractivity contribution in [3.63, 3.8) is 0 Å². The number of rotatable bonds is 3. The first kappa shape index (κ1) is 13.0. The van der Waals surface area contributed by atoms with Crippen LogP contribution in [0.2, 0.25) is 0 Å². The highest BCUT2D eigenvalue weighted by atomic mass is 19.4. The molecule has 0 aromatic heterocycles. The van der Waals surface area contributed by atoms with Gasteiger partial charge in [-0.05, 0) is 23.5 Å². The molecule has 0 aliphatic heterocycles. The number of halogens is 3. The van der Waals surface area contributed by atoms with Gasteiger partial charge in [-0.3, -0.25) is 0 Å². The molecule has 1 unspecified atom stereocenters. The number of benzene rings is 1. The van der Waals surface area contributed by atoms with Crippen molar-refractivity contribution >= 4 is 0 Å². The minimum absolute atomic E-state index is 0.163. The third-order valence-electron chi connectivity index (χ3n) is 2.49. The molecular formula is C12H16F3N. The normalized spacial score (nSPS) is 14.2. The van der Waals surface area contributed by atoms with Gasteiger partial charge < -0.3 is 5.73 Å². The molecule has 1 nitrogen and oxygen atoms in total. The van der Waals surface area contributed by atoms with E-state index in [1.165, 1.54) is 0 Å². The van der Waals surface area contributed by atoms with Gasteiger partial charge in [-0.2, -0.15) is 13.2 Å². The zero-order valence-electron chi connectivity index (χ0n) is 9.38. The summed E-state index contributed by atoms with van der Waals surface area (Å²) in [4.78, 5) is 0. The lowest BCUT2D eigenvalue weighted by Gasteiger charge is -2.16. The predicted molar refractivity (Wildman–Crippen MR) is 58.3 cm³/mol. The number of alkyl halides is 3. The molecular weight excluding hydrogens is 215 g/mol. The summed E-state index contributed by atoms with van der Waals surface area (Å²) in [5, 5.41) is 0. The van der Waals surface area contributed by atoms with E-state index in [4.69, 9.17) is 5.73 Å². The Bertz CT molecular complexity index is 344. The Morgan fingerprint density at radius 1 is 1.25 bits per heavy atom. The van der Waals surface area contributed by atoms with Crippen LogP contribution in [0.4, 0.5) is 13.2 Å². The quantitative estimate of drug-likeness (QED) is 0.849. The fourth-order valence-corrected chi connectivity index (χ4v) is 1.45. The monoisotopic (exact) mass is 231 g/mol. The van der Waals surface area contributed by atoms with Crippen LogP contribution in [-0.4, -0.2) is 12.2 Å². The minimum atomic E-state index is -4.33. The standard InChI is InChI=1S/C12H16F3N/c1-8(2)10-5-3-4-9(6-10)7-11(16)12(13,14)15/h3-6,8,11H,7,16H2,1-2H3. The smallest absolute Gasteiger partial charge is 0.320 e. The van der Waals surface area contributed by atoms with E-state index >= 15 is 0 Å². The Labute approximate surface area is 93.5 Å². The van der Waals surface area contributed by atoms with Crippen molar-refractivity contribution in [3.05, 3.63) is 35.4 Å². The van der Waals surface area contributed by atoms with Crippen molar-refractivity contribution in [2.75, 3.05) is 0 Å². The van der Waals surface area contributed by atoms with Crippen LogP contribution < -0.4 is 5.73 Å². The van der Waals surface area contributed by atoms with Crippen molar-refractivity contribution in [2.45, 2.75) is 38.4 Å². The highest BCUT2D eigenvalue weighted by Crippen LogP contribution is 2.23. The van der Waals surface area contributed by atoms with Crippen LogP contribution in [0.25, 0.3) is 0 Å². The molecule has 0 bridgehead atoms. The first-order chi connectivity index (χ1) is 7.30. The third kappa shape index (κ3) is 3.52. The van der Waals surface area contributed by atoms with Gasteiger partial charge in [0.1, 0.15) is 6.04 Å². The lowest BCUT2D eigenvalue weighted by atomic mass is 9.98. The molecule has 0 radical (unpaired) electrons. The second-order valence-electron chi connectivity index (χ2n) is 4.25. The summed E-state index contributed by atoms with van der Waals surface area (Å²) in [6.45, 7) is 4.01. The first-order valence-electron chi connectivity index (χ1n) is 5.22. The van der Waals surface area contributed by atoms with Crippen molar-refractivity contribution in [3.8, 4) is 0 Å². The molecule has 16 heavy (non-hydrogen) atoms. The molecule has 1 atom stereocenters. The zero-order valence-corrected chi connectivity index (χ0v) is 9.38.